The van der Waals surface area contributed by atoms with Gasteiger partial charge in [0.15, 0.2) is 0 Å². The Morgan fingerprint density at radius 1 is 0.971 bits per heavy atom. The van der Waals surface area contributed by atoms with Crippen LogP contribution in [0.5, 0.6) is 11.5 Å². The number of methoxy groups -OCH3 is 2. The van der Waals surface area contributed by atoms with Crippen LogP contribution in [0, 0.1) is 13.8 Å². The zero-order valence-corrected chi connectivity index (χ0v) is 20.9. The first-order valence-electron chi connectivity index (χ1n) is 11.4. The highest BCUT2D eigenvalue weighted by Crippen LogP contribution is 2.27. The Bertz CT molecular complexity index is 1150. The highest BCUT2D eigenvalue weighted by molar-refractivity contribution is 6.33. The number of rotatable bonds is 7. The molecule has 0 N–H and O–H groups in total. The predicted octanol–water partition coefficient (Wildman–Crippen LogP) is 4.18. The molecule has 7 nitrogen and oxygen atoms in total. The smallest absolute Gasteiger partial charge is 0.258 e. The largest absolute Gasteiger partial charge is 0.497 e. The number of carbonyl (C=O) groups excluding carboxylic acids is 1. The van der Waals surface area contributed by atoms with E-state index < -0.39 is 0 Å². The summed E-state index contributed by atoms with van der Waals surface area (Å²) in [7, 11) is 3.33. The van der Waals surface area contributed by atoms with Crippen LogP contribution in [0.25, 0.3) is 0 Å². The Kier molecular flexibility index (Phi) is 7.44. The van der Waals surface area contributed by atoms with Crippen LogP contribution in [0.4, 0.5) is 0 Å². The summed E-state index contributed by atoms with van der Waals surface area (Å²) < 4.78 is 12.6. The van der Waals surface area contributed by atoms with E-state index in [9.17, 15) is 4.79 Å². The molecule has 1 aliphatic heterocycles. The number of amides is 1. The summed E-state index contributed by atoms with van der Waals surface area (Å²) >= 11 is 6.64. The molecule has 0 spiro atoms. The van der Waals surface area contributed by atoms with Gasteiger partial charge in [-0.2, -0.15) is 5.10 Å². The van der Waals surface area contributed by atoms with Gasteiger partial charge in [-0.25, -0.2) is 4.68 Å². The van der Waals surface area contributed by atoms with Gasteiger partial charge in [-0.05, 0) is 37.6 Å². The quantitative estimate of drug-likeness (QED) is 0.505. The molecule has 34 heavy (non-hydrogen) atoms. The highest BCUT2D eigenvalue weighted by atomic mass is 35.5. The Morgan fingerprint density at radius 2 is 1.68 bits per heavy atom. The molecule has 0 saturated carbocycles. The Morgan fingerprint density at radius 3 is 2.32 bits per heavy atom. The van der Waals surface area contributed by atoms with E-state index >= 15 is 0 Å². The number of aryl methyl sites for hydroxylation is 2. The topological polar surface area (TPSA) is 59.8 Å². The van der Waals surface area contributed by atoms with E-state index in [1.165, 1.54) is 5.56 Å². The van der Waals surface area contributed by atoms with Crippen LogP contribution in [0.2, 0.25) is 5.15 Å². The van der Waals surface area contributed by atoms with Crippen LogP contribution in [0.3, 0.4) is 0 Å². The van der Waals surface area contributed by atoms with Crippen LogP contribution in [0.1, 0.15) is 32.7 Å². The fourth-order valence-corrected chi connectivity index (χ4v) is 4.60. The maximum Gasteiger partial charge on any atom is 0.258 e. The number of piperazine rings is 1. The third-order valence-electron chi connectivity index (χ3n) is 6.27. The lowest BCUT2D eigenvalue weighted by Crippen LogP contribution is -2.48. The molecule has 3 aromatic rings. The molecule has 0 bridgehead atoms. The fourth-order valence-electron chi connectivity index (χ4n) is 4.28. The molecule has 4 rings (SSSR count). The van der Waals surface area contributed by atoms with E-state index in [0.717, 1.165) is 42.3 Å². The number of nitrogens with zero attached hydrogens (tertiary/aromatic N) is 4. The predicted molar refractivity (Wildman–Crippen MR) is 133 cm³/mol. The van der Waals surface area contributed by atoms with E-state index in [2.05, 4.69) is 41.2 Å². The number of hydrogen-bond acceptors (Lipinski definition) is 5. The van der Waals surface area contributed by atoms with Gasteiger partial charge in [-0.1, -0.05) is 41.4 Å². The number of hydrogen-bond donors (Lipinski definition) is 0. The standard InChI is InChI=1S/C26H31ClN4O3/c1-18-5-7-20(8-6-18)16-31-25(27)24(19(2)28-31)26(32)30-13-11-29(12-14-30)17-21-15-22(33-3)9-10-23(21)34-4/h5-10,15H,11-14,16-17H2,1-4H3. The van der Waals surface area contributed by atoms with E-state index in [4.69, 9.17) is 21.1 Å². The number of halogens is 1. The summed E-state index contributed by atoms with van der Waals surface area (Å²) in [5, 5.41) is 4.95. The molecule has 1 amide bonds. The minimum atomic E-state index is -0.0590. The van der Waals surface area contributed by atoms with Crippen molar-refractivity contribution in [2.75, 3.05) is 40.4 Å². The summed E-state index contributed by atoms with van der Waals surface area (Å²) in [6.07, 6.45) is 0. The molecular weight excluding hydrogens is 452 g/mol. The van der Waals surface area contributed by atoms with Crippen molar-refractivity contribution in [3.8, 4) is 11.5 Å². The second-order valence-electron chi connectivity index (χ2n) is 8.64. The summed E-state index contributed by atoms with van der Waals surface area (Å²) in [5.74, 6) is 1.58. The first-order valence-corrected chi connectivity index (χ1v) is 11.8. The van der Waals surface area contributed by atoms with Crippen molar-refractivity contribution in [2.24, 2.45) is 0 Å². The van der Waals surface area contributed by atoms with Crippen molar-refractivity contribution < 1.29 is 14.3 Å². The van der Waals surface area contributed by atoms with Gasteiger partial charge in [-0.3, -0.25) is 9.69 Å². The van der Waals surface area contributed by atoms with Crippen LogP contribution in [0.15, 0.2) is 42.5 Å². The SMILES string of the molecule is COc1ccc(OC)c(CN2CCN(C(=O)c3c(C)nn(Cc4ccc(C)cc4)c3Cl)CC2)c1. The lowest BCUT2D eigenvalue weighted by atomic mass is 10.1. The molecule has 1 saturated heterocycles. The van der Waals surface area contributed by atoms with Crippen molar-refractivity contribution in [3.05, 3.63) is 75.6 Å². The summed E-state index contributed by atoms with van der Waals surface area (Å²) in [5.41, 5.74) is 4.52. The summed E-state index contributed by atoms with van der Waals surface area (Å²) in [6.45, 7) is 7.95. The molecule has 0 radical (unpaired) electrons. The molecule has 0 aliphatic carbocycles. The lowest BCUT2D eigenvalue weighted by molar-refractivity contribution is 0.0627. The van der Waals surface area contributed by atoms with E-state index in [1.54, 1.807) is 18.9 Å². The Balaban J connectivity index is 1.41. The Labute approximate surface area is 205 Å². The van der Waals surface area contributed by atoms with Gasteiger partial charge in [0, 0.05) is 38.3 Å². The third-order valence-corrected chi connectivity index (χ3v) is 6.66. The number of ether oxygens (including phenoxy) is 2. The Hall–Kier alpha value is -3.03. The van der Waals surface area contributed by atoms with Crippen molar-refractivity contribution in [3.63, 3.8) is 0 Å². The maximum atomic E-state index is 13.3. The van der Waals surface area contributed by atoms with E-state index in [-0.39, 0.29) is 5.91 Å². The molecule has 0 unspecified atom stereocenters. The maximum absolute atomic E-state index is 13.3. The molecule has 1 aliphatic rings. The molecule has 8 heteroatoms. The first kappa shape index (κ1) is 24.1. The van der Waals surface area contributed by atoms with E-state index in [0.29, 0.717) is 36.0 Å². The molecule has 1 aromatic heterocycles. The third kappa shape index (κ3) is 5.21. The van der Waals surface area contributed by atoms with E-state index in [1.807, 2.05) is 30.0 Å². The first-order chi connectivity index (χ1) is 16.4. The average Bonchev–Trinajstić information content (AvgIpc) is 3.12. The van der Waals surface area contributed by atoms with Gasteiger partial charge >= 0.3 is 0 Å². The molecular formula is C26H31ClN4O3. The number of carbonyl (C=O) groups is 1. The average molecular weight is 483 g/mol. The second-order valence-corrected chi connectivity index (χ2v) is 9.00. The van der Waals surface area contributed by atoms with Gasteiger partial charge in [0.05, 0.1) is 32.0 Å². The molecule has 2 heterocycles. The molecule has 180 valence electrons. The normalized spacial score (nSPS) is 14.3. The van der Waals surface area contributed by atoms with Crippen molar-refractivity contribution in [1.29, 1.82) is 0 Å². The second kappa shape index (κ2) is 10.5. The van der Waals surface area contributed by atoms with Gasteiger partial charge in [-0.15, -0.1) is 0 Å². The van der Waals surface area contributed by atoms with Crippen LogP contribution >= 0.6 is 11.6 Å². The van der Waals surface area contributed by atoms with Crippen molar-refractivity contribution in [1.82, 2.24) is 19.6 Å². The minimum absolute atomic E-state index is 0.0590. The molecule has 1 fully saturated rings. The highest BCUT2D eigenvalue weighted by Gasteiger charge is 2.28. The van der Waals surface area contributed by atoms with Crippen molar-refractivity contribution >= 4 is 17.5 Å². The summed E-state index contributed by atoms with van der Waals surface area (Å²) in [6, 6.07) is 14.1. The fraction of sp³-hybridized carbons (Fsp3) is 0.385. The molecule has 2 aromatic carbocycles. The monoisotopic (exact) mass is 482 g/mol. The van der Waals surface area contributed by atoms with Crippen LogP contribution < -0.4 is 9.47 Å². The number of benzene rings is 2. The van der Waals surface area contributed by atoms with Gasteiger partial charge in [0.2, 0.25) is 0 Å². The number of aromatic nitrogens is 2. The van der Waals surface area contributed by atoms with Gasteiger partial charge in [0.1, 0.15) is 16.7 Å². The van der Waals surface area contributed by atoms with Gasteiger partial charge in [0.25, 0.3) is 5.91 Å². The lowest BCUT2D eigenvalue weighted by Gasteiger charge is -2.35. The van der Waals surface area contributed by atoms with Crippen molar-refractivity contribution in [2.45, 2.75) is 26.9 Å². The van der Waals surface area contributed by atoms with Gasteiger partial charge < -0.3 is 14.4 Å². The van der Waals surface area contributed by atoms with Crippen LogP contribution in [-0.2, 0) is 13.1 Å². The summed E-state index contributed by atoms with van der Waals surface area (Å²) in [4.78, 5) is 17.5. The zero-order valence-electron chi connectivity index (χ0n) is 20.2. The van der Waals surface area contributed by atoms with Crippen LogP contribution in [-0.4, -0.2) is 65.9 Å². The minimum Gasteiger partial charge on any atom is -0.497 e. The zero-order chi connectivity index (χ0) is 24.2. The molecule has 0 atom stereocenters.